The van der Waals surface area contributed by atoms with E-state index in [1.165, 1.54) is 0 Å². The number of aliphatic hydroxyl groups excluding tert-OH is 1. The van der Waals surface area contributed by atoms with E-state index in [1.807, 2.05) is 18.4 Å². The van der Waals surface area contributed by atoms with Gasteiger partial charge in [0.1, 0.15) is 5.69 Å². The Kier molecular flexibility index (Phi) is 3.45. The first-order chi connectivity index (χ1) is 8.02. The average Bonchev–Trinajstić information content (AvgIpc) is 2.58. The fraction of sp³-hybridized carbons (Fsp3) is 0.583. The highest BCUT2D eigenvalue weighted by Gasteiger charge is 2.32. The summed E-state index contributed by atoms with van der Waals surface area (Å²) in [6.45, 7) is 5.45. The second kappa shape index (κ2) is 4.70. The van der Waals surface area contributed by atoms with Crippen LogP contribution in [0.4, 0.5) is 0 Å². The van der Waals surface area contributed by atoms with E-state index >= 15 is 0 Å². The van der Waals surface area contributed by atoms with Gasteiger partial charge in [0, 0.05) is 37.9 Å². The summed E-state index contributed by atoms with van der Waals surface area (Å²) >= 11 is 5.94. The first-order valence-electron chi connectivity index (χ1n) is 5.80. The number of nitrogens with zero attached hydrogens (tertiary/aromatic N) is 2. The van der Waals surface area contributed by atoms with E-state index in [0.29, 0.717) is 23.8 Å². The van der Waals surface area contributed by atoms with E-state index in [4.69, 9.17) is 16.7 Å². The molecule has 0 atom stereocenters. The number of aliphatic hydroxyl groups is 1. The summed E-state index contributed by atoms with van der Waals surface area (Å²) in [5, 5.41) is 9.52. The van der Waals surface area contributed by atoms with Crippen LogP contribution in [0.3, 0.4) is 0 Å². The van der Waals surface area contributed by atoms with Gasteiger partial charge in [0.25, 0.3) is 5.91 Å². The SMILES string of the molecule is CC(C)n1cc(Cl)cc1C(=O)N1CC(CO)C1. The van der Waals surface area contributed by atoms with Gasteiger partial charge >= 0.3 is 0 Å². The summed E-state index contributed by atoms with van der Waals surface area (Å²) in [6.07, 6.45) is 1.78. The Bertz CT molecular complexity index is 422. The predicted octanol–water partition coefficient (Wildman–Crippen LogP) is 1.79. The van der Waals surface area contributed by atoms with Gasteiger partial charge in [-0.05, 0) is 19.9 Å². The van der Waals surface area contributed by atoms with Crippen LogP contribution in [0.15, 0.2) is 12.3 Å². The molecule has 17 heavy (non-hydrogen) atoms. The zero-order valence-electron chi connectivity index (χ0n) is 10.1. The Balaban J connectivity index is 2.14. The highest BCUT2D eigenvalue weighted by atomic mass is 35.5. The molecule has 0 saturated carbocycles. The third-order valence-corrected chi connectivity index (χ3v) is 3.30. The summed E-state index contributed by atoms with van der Waals surface area (Å²) in [7, 11) is 0. The molecule has 4 nitrogen and oxygen atoms in total. The lowest BCUT2D eigenvalue weighted by molar-refractivity contribution is 0.0351. The average molecular weight is 257 g/mol. The summed E-state index contributed by atoms with van der Waals surface area (Å²) in [5.41, 5.74) is 0.626. The number of hydrogen-bond donors (Lipinski definition) is 1. The fourth-order valence-corrected chi connectivity index (χ4v) is 2.27. The molecule has 2 rings (SSSR count). The zero-order chi connectivity index (χ0) is 12.6. The second-order valence-electron chi connectivity index (χ2n) is 4.80. The van der Waals surface area contributed by atoms with Crippen LogP contribution in [0.2, 0.25) is 5.02 Å². The highest BCUT2D eigenvalue weighted by Crippen LogP contribution is 2.23. The largest absolute Gasteiger partial charge is 0.396 e. The second-order valence-corrected chi connectivity index (χ2v) is 5.24. The monoisotopic (exact) mass is 256 g/mol. The number of halogens is 1. The van der Waals surface area contributed by atoms with Crippen molar-refractivity contribution < 1.29 is 9.90 Å². The molecule has 1 aromatic rings. The standard InChI is InChI=1S/C12H17ClN2O2/c1-8(2)15-6-10(13)3-11(15)12(17)14-4-9(5-14)7-16/h3,6,8-9,16H,4-5,7H2,1-2H3. The van der Waals surface area contributed by atoms with Crippen molar-refractivity contribution in [3.05, 3.63) is 23.0 Å². The molecular weight excluding hydrogens is 240 g/mol. The third kappa shape index (κ3) is 2.33. The topological polar surface area (TPSA) is 45.5 Å². The number of hydrogen-bond acceptors (Lipinski definition) is 2. The normalized spacial score (nSPS) is 16.4. The molecule has 0 radical (unpaired) electrons. The van der Waals surface area contributed by atoms with E-state index in [0.717, 1.165) is 0 Å². The number of likely N-dealkylation sites (tertiary alicyclic amines) is 1. The van der Waals surface area contributed by atoms with Crippen molar-refractivity contribution in [1.29, 1.82) is 0 Å². The zero-order valence-corrected chi connectivity index (χ0v) is 10.8. The van der Waals surface area contributed by atoms with Crippen LogP contribution in [-0.2, 0) is 0 Å². The molecule has 1 aliphatic rings. The molecule has 0 spiro atoms. The van der Waals surface area contributed by atoms with Crippen molar-refractivity contribution >= 4 is 17.5 Å². The molecule has 1 N–H and O–H groups in total. The van der Waals surface area contributed by atoms with Crippen LogP contribution < -0.4 is 0 Å². The minimum atomic E-state index is -0.00435. The van der Waals surface area contributed by atoms with Gasteiger partial charge in [0.05, 0.1) is 5.02 Å². The van der Waals surface area contributed by atoms with Crippen LogP contribution in [0, 0.1) is 5.92 Å². The molecule has 1 amide bonds. The Morgan fingerprint density at radius 2 is 2.24 bits per heavy atom. The van der Waals surface area contributed by atoms with E-state index in [1.54, 1.807) is 17.2 Å². The molecule has 1 saturated heterocycles. The summed E-state index contributed by atoms with van der Waals surface area (Å²) in [4.78, 5) is 13.9. The van der Waals surface area contributed by atoms with Gasteiger partial charge in [0.2, 0.25) is 0 Å². The van der Waals surface area contributed by atoms with Crippen molar-refractivity contribution in [3.63, 3.8) is 0 Å². The van der Waals surface area contributed by atoms with Crippen molar-refractivity contribution in [3.8, 4) is 0 Å². The smallest absolute Gasteiger partial charge is 0.270 e. The van der Waals surface area contributed by atoms with Gasteiger partial charge in [-0.2, -0.15) is 0 Å². The van der Waals surface area contributed by atoms with E-state index < -0.39 is 0 Å². The van der Waals surface area contributed by atoms with Gasteiger partial charge in [-0.25, -0.2) is 0 Å². The van der Waals surface area contributed by atoms with Crippen molar-refractivity contribution in [2.24, 2.45) is 5.92 Å². The molecule has 5 heteroatoms. The maximum Gasteiger partial charge on any atom is 0.270 e. The van der Waals surface area contributed by atoms with Crippen molar-refractivity contribution in [1.82, 2.24) is 9.47 Å². The van der Waals surface area contributed by atoms with Crippen LogP contribution in [0.25, 0.3) is 0 Å². The van der Waals surface area contributed by atoms with E-state index in [-0.39, 0.29) is 24.5 Å². The molecule has 1 aliphatic heterocycles. The minimum absolute atomic E-state index is 0.00435. The Morgan fingerprint density at radius 3 is 2.76 bits per heavy atom. The number of carbonyl (C=O) groups excluding carboxylic acids is 1. The van der Waals surface area contributed by atoms with Crippen LogP contribution in [0.1, 0.15) is 30.4 Å². The predicted molar refractivity (Wildman–Crippen MR) is 66.3 cm³/mol. The molecule has 94 valence electrons. The lowest BCUT2D eigenvalue weighted by Gasteiger charge is -2.38. The lowest BCUT2D eigenvalue weighted by atomic mass is 10.0. The lowest BCUT2D eigenvalue weighted by Crippen LogP contribution is -2.51. The van der Waals surface area contributed by atoms with Crippen LogP contribution >= 0.6 is 11.6 Å². The van der Waals surface area contributed by atoms with Crippen molar-refractivity contribution in [2.45, 2.75) is 19.9 Å². The Hall–Kier alpha value is -1.00. The molecule has 0 aromatic carbocycles. The molecule has 0 unspecified atom stereocenters. The molecular formula is C12H17ClN2O2. The summed E-state index contributed by atoms with van der Waals surface area (Å²) in [6, 6.07) is 1.91. The van der Waals surface area contributed by atoms with Gasteiger partial charge in [-0.15, -0.1) is 0 Å². The first-order valence-corrected chi connectivity index (χ1v) is 6.18. The molecule has 0 bridgehead atoms. The first kappa shape index (κ1) is 12.5. The highest BCUT2D eigenvalue weighted by molar-refractivity contribution is 6.31. The maximum atomic E-state index is 12.2. The van der Waals surface area contributed by atoms with Crippen LogP contribution in [0.5, 0.6) is 0 Å². The summed E-state index contributed by atoms with van der Waals surface area (Å²) < 4.78 is 1.89. The molecule has 0 aliphatic carbocycles. The number of aromatic nitrogens is 1. The van der Waals surface area contributed by atoms with Gasteiger partial charge < -0.3 is 14.6 Å². The van der Waals surface area contributed by atoms with Crippen LogP contribution in [-0.4, -0.2) is 40.2 Å². The minimum Gasteiger partial charge on any atom is -0.396 e. The summed E-state index contributed by atoms with van der Waals surface area (Å²) in [5.74, 6) is 0.229. The van der Waals surface area contributed by atoms with Gasteiger partial charge in [-0.1, -0.05) is 11.6 Å². The quantitative estimate of drug-likeness (QED) is 0.896. The number of carbonyl (C=O) groups is 1. The molecule has 1 fully saturated rings. The fourth-order valence-electron chi connectivity index (χ4n) is 2.06. The van der Waals surface area contributed by atoms with E-state index in [9.17, 15) is 4.79 Å². The van der Waals surface area contributed by atoms with Gasteiger partial charge in [0.15, 0.2) is 0 Å². The van der Waals surface area contributed by atoms with Crippen molar-refractivity contribution in [2.75, 3.05) is 19.7 Å². The Morgan fingerprint density at radius 1 is 1.59 bits per heavy atom. The van der Waals surface area contributed by atoms with E-state index in [2.05, 4.69) is 0 Å². The van der Waals surface area contributed by atoms with Gasteiger partial charge in [-0.3, -0.25) is 4.79 Å². The Labute approximate surface area is 106 Å². The maximum absolute atomic E-state index is 12.2. The molecule has 2 heterocycles. The third-order valence-electron chi connectivity index (χ3n) is 3.09. The number of amides is 1. The number of rotatable bonds is 3. The molecule has 1 aromatic heterocycles.